The van der Waals surface area contributed by atoms with Gasteiger partial charge >= 0.3 is 5.97 Å². The lowest BCUT2D eigenvalue weighted by molar-refractivity contribution is 0.0697. The van der Waals surface area contributed by atoms with Crippen LogP contribution in [0.5, 0.6) is 11.5 Å². The summed E-state index contributed by atoms with van der Waals surface area (Å²) in [5, 5.41) is 14.5. The molecule has 3 aromatic carbocycles. The number of methoxy groups -OCH3 is 1. The average molecular weight is 599 g/mol. The van der Waals surface area contributed by atoms with Crippen molar-refractivity contribution in [2.75, 3.05) is 7.11 Å². The van der Waals surface area contributed by atoms with Crippen LogP contribution in [0.3, 0.4) is 0 Å². The first kappa shape index (κ1) is 27.3. The molecule has 0 spiro atoms. The number of aromatic carboxylic acids is 1. The molecule has 1 aromatic heterocycles. The van der Waals surface area contributed by atoms with Crippen LogP contribution in [0, 0.1) is 0 Å². The summed E-state index contributed by atoms with van der Waals surface area (Å²) >= 11 is 9.76. The molecule has 0 aliphatic heterocycles. The minimum absolute atomic E-state index is 0.0220. The predicted molar refractivity (Wildman–Crippen MR) is 151 cm³/mol. The summed E-state index contributed by atoms with van der Waals surface area (Å²) in [6, 6.07) is 15.0. The van der Waals surface area contributed by atoms with E-state index in [0.717, 1.165) is 16.5 Å². The van der Waals surface area contributed by atoms with Crippen molar-refractivity contribution in [2.45, 2.75) is 32.8 Å². The Balaban J connectivity index is 1.76. The van der Waals surface area contributed by atoms with Crippen molar-refractivity contribution in [1.82, 2.24) is 9.66 Å². The normalized spacial score (nSPS) is 12.1. The van der Waals surface area contributed by atoms with Crippen LogP contribution in [0.4, 0.5) is 0 Å². The van der Waals surface area contributed by atoms with Gasteiger partial charge in [0.25, 0.3) is 5.56 Å². The first-order valence-corrected chi connectivity index (χ1v) is 13.0. The van der Waals surface area contributed by atoms with Crippen molar-refractivity contribution >= 4 is 50.6 Å². The number of fused-ring (bicyclic) bond motifs is 1. The van der Waals surface area contributed by atoms with Gasteiger partial charge in [0.15, 0.2) is 11.5 Å². The molecule has 0 radical (unpaired) electrons. The molecule has 0 saturated heterocycles. The van der Waals surface area contributed by atoms with Crippen LogP contribution in [-0.2, 0) is 6.61 Å². The van der Waals surface area contributed by atoms with Crippen molar-refractivity contribution in [3.63, 3.8) is 0 Å². The topological polar surface area (TPSA) is 103 Å². The zero-order valence-corrected chi connectivity index (χ0v) is 23.3. The SMILES string of the molecule is CC[C@@H](C)c1nc2ccc(Br)cc2c(=O)n1N=Cc1cc(Cl)cc(OC)c1OCc1ccc(C(=O)O)cc1. The molecule has 1 atom stereocenters. The van der Waals surface area contributed by atoms with E-state index in [0.29, 0.717) is 38.8 Å². The molecule has 0 bridgehead atoms. The Hall–Kier alpha value is -3.69. The van der Waals surface area contributed by atoms with Crippen molar-refractivity contribution in [1.29, 1.82) is 0 Å². The number of nitrogens with zero attached hydrogens (tertiary/aromatic N) is 3. The molecule has 196 valence electrons. The monoisotopic (exact) mass is 597 g/mol. The van der Waals surface area contributed by atoms with Gasteiger partial charge in [-0.05, 0) is 48.4 Å². The lowest BCUT2D eigenvalue weighted by Gasteiger charge is -2.16. The molecule has 0 fully saturated rings. The van der Waals surface area contributed by atoms with E-state index in [9.17, 15) is 9.59 Å². The Morgan fingerprint density at radius 2 is 1.95 bits per heavy atom. The highest BCUT2D eigenvalue weighted by atomic mass is 79.9. The molecule has 0 unspecified atom stereocenters. The minimum Gasteiger partial charge on any atom is -0.493 e. The van der Waals surface area contributed by atoms with Crippen LogP contribution in [0.1, 0.15) is 53.5 Å². The van der Waals surface area contributed by atoms with E-state index in [4.69, 9.17) is 31.2 Å². The first-order valence-electron chi connectivity index (χ1n) is 11.8. The zero-order valence-electron chi connectivity index (χ0n) is 20.9. The third-order valence-electron chi connectivity index (χ3n) is 6.05. The number of hydrogen-bond donors (Lipinski definition) is 1. The largest absolute Gasteiger partial charge is 0.493 e. The van der Waals surface area contributed by atoms with E-state index in [1.54, 1.807) is 36.4 Å². The van der Waals surface area contributed by atoms with Gasteiger partial charge in [-0.25, -0.2) is 9.78 Å². The van der Waals surface area contributed by atoms with Gasteiger partial charge in [-0.15, -0.1) is 0 Å². The molecule has 38 heavy (non-hydrogen) atoms. The van der Waals surface area contributed by atoms with Crippen LogP contribution >= 0.6 is 27.5 Å². The van der Waals surface area contributed by atoms with Gasteiger partial charge < -0.3 is 14.6 Å². The number of carboxylic acid groups (broad SMARTS) is 1. The molecule has 8 nitrogen and oxygen atoms in total. The van der Waals surface area contributed by atoms with Crippen LogP contribution in [0.25, 0.3) is 10.9 Å². The smallest absolute Gasteiger partial charge is 0.335 e. The number of hydrogen-bond acceptors (Lipinski definition) is 6. The fourth-order valence-electron chi connectivity index (χ4n) is 3.79. The van der Waals surface area contributed by atoms with Crippen LogP contribution in [0.2, 0.25) is 5.02 Å². The van der Waals surface area contributed by atoms with Gasteiger partial charge in [0, 0.05) is 27.0 Å². The molecule has 0 amide bonds. The van der Waals surface area contributed by atoms with E-state index < -0.39 is 5.97 Å². The fraction of sp³-hybridized carbons (Fsp3) is 0.214. The van der Waals surface area contributed by atoms with Crippen LogP contribution in [0.15, 0.2) is 69.0 Å². The summed E-state index contributed by atoms with van der Waals surface area (Å²) < 4.78 is 13.6. The Morgan fingerprint density at radius 1 is 1.21 bits per heavy atom. The summed E-state index contributed by atoms with van der Waals surface area (Å²) in [7, 11) is 1.50. The molecule has 0 aliphatic rings. The minimum atomic E-state index is -1.00. The summed E-state index contributed by atoms with van der Waals surface area (Å²) in [5.41, 5.74) is 1.74. The lowest BCUT2D eigenvalue weighted by atomic mass is 10.1. The second kappa shape index (κ2) is 11.8. The number of benzene rings is 3. The molecule has 4 aromatic rings. The van der Waals surface area contributed by atoms with Gasteiger partial charge in [-0.2, -0.15) is 9.78 Å². The number of carboxylic acids is 1. The Labute approximate surface area is 232 Å². The highest BCUT2D eigenvalue weighted by Crippen LogP contribution is 2.34. The maximum Gasteiger partial charge on any atom is 0.335 e. The maximum atomic E-state index is 13.5. The second-order valence-electron chi connectivity index (χ2n) is 8.62. The lowest BCUT2D eigenvalue weighted by Crippen LogP contribution is -2.23. The number of ether oxygens (including phenoxy) is 2. The van der Waals surface area contributed by atoms with Crippen molar-refractivity contribution in [3.8, 4) is 11.5 Å². The van der Waals surface area contributed by atoms with Crippen LogP contribution in [-0.4, -0.2) is 34.1 Å². The summed E-state index contributed by atoms with van der Waals surface area (Å²) in [6.07, 6.45) is 2.26. The predicted octanol–water partition coefficient (Wildman–Crippen LogP) is 6.49. The van der Waals surface area contributed by atoms with Crippen molar-refractivity contribution < 1.29 is 19.4 Å². The number of carbonyl (C=O) groups is 1. The van der Waals surface area contributed by atoms with Crippen molar-refractivity contribution in [2.24, 2.45) is 5.10 Å². The van der Waals surface area contributed by atoms with Gasteiger partial charge in [-0.3, -0.25) is 4.79 Å². The van der Waals surface area contributed by atoms with Crippen LogP contribution < -0.4 is 15.0 Å². The number of halogens is 2. The highest BCUT2D eigenvalue weighted by molar-refractivity contribution is 9.10. The number of aromatic nitrogens is 2. The Morgan fingerprint density at radius 3 is 2.61 bits per heavy atom. The maximum absolute atomic E-state index is 13.5. The Kier molecular flexibility index (Phi) is 8.48. The average Bonchev–Trinajstić information content (AvgIpc) is 2.91. The Bertz CT molecular complexity index is 1580. The summed E-state index contributed by atoms with van der Waals surface area (Å²) in [5.74, 6) is 0.275. The van der Waals surface area contributed by atoms with Crippen molar-refractivity contribution in [3.05, 3.63) is 97.0 Å². The molecule has 1 N–H and O–H groups in total. The highest BCUT2D eigenvalue weighted by Gasteiger charge is 2.17. The standard InChI is InChI=1S/C28H25BrClN3O5/c1-4-16(2)26-32-23-10-9-20(29)12-22(23)27(34)33(26)31-14-19-11-21(30)13-24(37-3)25(19)38-15-17-5-7-18(8-6-17)28(35)36/h5-14,16H,4,15H2,1-3H3,(H,35,36)/t16-/m1/s1. The second-order valence-corrected chi connectivity index (χ2v) is 9.97. The van der Waals surface area contributed by atoms with E-state index >= 15 is 0 Å². The molecular weight excluding hydrogens is 574 g/mol. The quantitative estimate of drug-likeness (QED) is 0.221. The molecule has 10 heteroatoms. The summed E-state index contributed by atoms with van der Waals surface area (Å²) in [6.45, 7) is 4.15. The third-order valence-corrected chi connectivity index (χ3v) is 6.76. The first-order chi connectivity index (χ1) is 18.2. The fourth-order valence-corrected chi connectivity index (χ4v) is 4.37. The third kappa shape index (κ3) is 5.89. The van der Waals surface area contributed by atoms with E-state index in [-0.39, 0.29) is 23.6 Å². The van der Waals surface area contributed by atoms with Gasteiger partial charge in [0.1, 0.15) is 12.4 Å². The van der Waals surface area contributed by atoms with Gasteiger partial charge in [0.2, 0.25) is 0 Å². The molecule has 1 heterocycles. The molecule has 0 aliphatic carbocycles. The molecule has 0 saturated carbocycles. The zero-order chi connectivity index (χ0) is 27.4. The van der Waals surface area contributed by atoms with E-state index in [1.165, 1.54) is 30.1 Å². The van der Waals surface area contributed by atoms with Gasteiger partial charge in [0.05, 0.1) is 29.8 Å². The summed E-state index contributed by atoms with van der Waals surface area (Å²) in [4.78, 5) is 29.3. The van der Waals surface area contributed by atoms with E-state index in [2.05, 4.69) is 21.0 Å². The molecule has 4 rings (SSSR count). The molecular formula is C28H25BrClN3O5. The van der Waals surface area contributed by atoms with E-state index in [1.807, 2.05) is 19.9 Å². The van der Waals surface area contributed by atoms with Gasteiger partial charge in [-0.1, -0.05) is 53.5 Å². The number of rotatable bonds is 9.